The van der Waals surface area contributed by atoms with E-state index in [-0.39, 0.29) is 0 Å². The van der Waals surface area contributed by atoms with Gasteiger partial charge in [0.25, 0.3) is 0 Å². The Morgan fingerprint density at radius 3 is 1.23 bits per heavy atom. The molecule has 1 nitrogen and oxygen atoms in total. The number of allylic oxidation sites excluding steroid dienone is 9. The van der Waals surface area contributed by atoms with E-state index in [1.807, 2.05) is 0 Å². The highest BCUT2D eigenvalue weighted by Crippen LogP contribution is 2.54. The number of benzene rings is 4. The van der Waals surface area contributed by atoms with Crippen LogP contribution >= 0.6 is 0 Å². The van der Waals surface area contributed by atoms with Crippen molar-refractivity contribution in [3.63, 3.8) is 0 Å². The van der Waals surface area contributed by atoms with Crippen LogP contribution in [0.1, 0.15) is 41.5 Å². The third kappa shape index (κ3) is 5.55. The van der Waals surface area contributed by atoms with Crippen molar-refractivity contribution in [1.29, 1.82) is 0 Å². The van der Waals surface area contributed by atoms with Gasteiger partial charge in [-0.25, -0.2) is 0 Å². The molecule has 2 aliphatic rings. The molecule has 0 aromatic heterocycles. The van der Waals surface area contributed by atoms with Gasteiger partial charge < -0.3 is 4.90 Å². The van der Waals surface area contributed by atoms with Crippen LogP contribution in [0.3, 0.4) is 0 Å². The Balaban J connectivity index is 1.58. The third-order valence-electron chi connectivity index (χ3n) is 7.71. The summed E-state index contributed by atoms with van der Waals surface area (Å²) >= 11 is 0. The maximum Gasteiger partial charge on any atom is 0.0172 e. The number of hydrogen-bond acceptors (Lipinski definition) is 1. The van der Waals surface area contributed by atoms with Crippen molar-refractivity contribution in [3.8, 4) is 0 Å². The molecule has 0 atom stereocenters. The molecule has 40 heavy (non-hydrogen) atoms. The molecule has 196 valence electrons. The standard InChI is InChI=1S/C39H35N/c1-7-19-31(20-8-1)36-35(27-15-5-16-28-40-29-17-6-18-30-40)37(32-21-9-2-10-22-32)39(34-25-13-4-14-26-34)38(36)33-23-11-3-12-24-33/h1-5,7-16,19-28H,6,17-18,29-30H2/b15-5+,28-16+. The number of piperidine rings is 1. The Labute approximate surface area is 238 Å². The zero-order valence-corrected chi connectivity index (χ0v) is 22.9. The fraction of sp³-hybridized carbons (Fsp3) is 0.128. The van der Waals surface area contributed by atoms with Crippen molar-refractivity contribution >= 4 is 22.3 Å². The predicted molar refractivity (Wildman–Crippen MR) is 171 cm³/mol. The van der Waals surface area contributed by atoms with Crippen molar-refractivity contribution in [2.45, 2.75) is 19.3 Å². The van der Waals surface area contributed by atoms with E-state index in [4.69, 9.17) is 0 Å². The van der Waals surface area contributed by atoms with Crippen LogP contribution < -0.4 is 0 Å². The number of hydrogen-bond donors (Lipinski definition) is 0. The Hall–Kier alpha value is -4.62. The molecule has 4 aromatic rings. The van der Waals surface area contributed by atoms with Gasteiger partial charge in [-0.15, -0.1) is 0 Å². The van der Waals surface area contributed by atoms with E-state index in [0.717, 1.165) is 13.1 Å². The summed E-state index contributed by atoms with van der Waals surface area (Å²) < 4.78 is 0. The minimum absolute atomic E-state index is 1.16. The van der Waals surface area contributed by atoms with E-state index in [1.54, 1.807) is 0 Å². The highest BCUT2D eigenvalue weighted by Gasteiger charge is 2.32. The van der Waals surface area contributed by atoms with E-state index in [1.165, 1.54) is 69.4 Å². The van der Waals surface area contributed by atoms with E-state index in [2.05, 4.69) is 157 Å². The molecular weight excluding hydrogens is 482 g/mol. The topological polar surface area (TPSA) is 3.24 Å². The van der Waals surface area contributed by atoms with E-state index >= 15 is 0 Å². The lowest BCUT2D eigenvalue weighted by atomic mass is 9.89. The first-order chi connectivity index (χ1) is 19.9. The summed E-state index contributed by atoms with van der Waals surface area (Å²) in [6, 6.07) is 43.4. The second kappa shape index (κ2) is 12.5. The lowest BCUT2D eigenvalue weighted by Crippen LogP contribution is -2.23. The third-order valence-corrected chi connectivity index (χ3v) is 7.71. The number of rotatable bonds is 7. The van der Waals surface area contributed by atoms with E-state index in [0.29, 0.717) is 0 Å². The summed E-state index contributed by atoms with van der Waals surface area (Å²) in [5.41, 5.74) is 11.3. The van der Waals surface area contributed by atoms with Gasteiger partial charge in [-0.2, -0.15) is 0 Å². The van der Waals surface area contributed by atoms with Crippen LogP contribution in [0.25, 0.3) is 22.3 Å². The lowest BCUT2D eigenvalue weighted by Gasteiger charge is -2.24. The molecular formula is C39H35N. The average molecular weight is 518 g/mol. The fourth-order valence-electron chi connectivity index (χ4n) is 5.86. The summed E-state index contributed by atoms with van der Waals surface area (Å²) in [4.78, 5) is 2.43. The molecule has 0 saturated carbocycles. The smallest absolute Gasteiger partial charge is 0.0172 e. The van der Waals surface area contributed by atoms with Crippen LogP contribution in [0.2, 0.25) is 0 Å². The quantitative estimate of drug-likeness (QED) is 0.221. The first-order valence-corrected chi connectivity index (χ1v) is 14.4. The Bertz CT molecular complexity index is 1460. The average Bonchev–Trinajstić information content (AvgIpc) is 3.38. The first-order valence-electron chi connectivity index (χ1n) is 14.4. The summed E-state index contributed by atoms with van der Waals surface area (Å²) in [6.07, 6.45) is 15.1. The molecule has 0 N–H and O–H groups in total. The van der Waals surface area contributed by atoms with Crippen molar-refractivity contribution in [1.82, 2.24) is 4.90 Å². The van der Waals surface area contributed by atoms with Crippen LogP contribution in [0.5, 0.6) is 0 Å². The Morgan fingerprint density at radius 2 is 0.800 bits per heavy atom. The second-order valence-electron chi connectivity index (χ2n) is 10.4. The van der Waals surface area contributed by atoms with Gasteiger partial charge in [0.05, 0.1) is 0 Å². The molecule has 0 unspecified atom stereocenters. The second-order valence-corrected chi connectivity index (χ2v) is 10.4. The summed E-state index contributed by atoms with van der Waals surface area (Å²) in [7, 11) is 0. The zero-order valence-electron chi connectivity index (χ0n) is 22.9. The maximum atomic E-state index is 2.43. The van der Waals surface area contributed by atoms with Gasteiger partial charge in [0, 0.05) is 13.1 Å². The van der Waals surface area contributed by atoms with Crippen LogP contribution in [0, 0.1) is 0 Å². The Kier molecular flexibility index (Phi) is 8.01. The molecule has 0 amide bonds. The normalized spacial score (nSPS) is 16.0. The van der Waals surface area contributed by atoms with Gasteiger partial charge in [-0.05, 0) is 81.7 Å². The SMILES string of the molecule is C(/C=C/C=C/N1CCCCC1)=C1C(c2ccccc2)=C(c2ccccc2)C(c2ccccc2)=C1c1ccccc1. The van der Waals surface area contributed by atoms with Gasteiger partial charge in [-0.3, -0.25) is 0 Å². The van der Waals surface area contributed by atoms with Gasteiger partial charge in [0.15, 0.2) is 0 Å². The largest absolute Gasteiger partial charge is 0.377 e. The van der Waals surface area contributed by atoms with Gasteiger partial charge >= 0.3 is 0 Å². The van der Waals surface area contributed by atoms with Crippen LogP contribution in [-0.2, 0) is 0 Å². The van der Waals surface area contributed by atoms with Gasteiger partial charge in [0.2, 0.25) is 0 Å². The predicted octanol–water partition coefficient (Wildman–Crippen LogP) is 9.70. The molecule has 4 aromatic carbocycles. The molecule has 1 heterocycles. The molecule has 0 bridgehead atoms. The van der Waals surface area contributed by atoms with Crippen LogP contribution in [-0.4, -0.2) is 18.0 Å². The van der Waals surface area contributed by atoms with Gasteiger partial charge in [0.1, 0.15) is 0 Å². The van der Waals surface area contributed by atoms with Crippen LogP contribution in [0.15, 0.2) is 157 Å². The fourth-order valence-corrected chi connectivity index (χ4v) is 5.86. The zero-order chi connectivity index (χ0) is 27.0. The maximum absolute atomic E-state index is 2.43. The number of likely N-dealkylation sites (tertiary alicyclic amines) is 1. The monoisotopic (exact) mass is 517 g/mol. The van der Waals surface area contributed by atoms with Crippen molar-refractivity contribution in [2.24, 2.45) is 0 Å². The molecule has 1 aliphatic carbocycles. The van der Waals surface area contributed by atoms with Crippen molar-refractivity contribution < 1.29 is 0 Å². The molecule has 6 rings (SSSR count). The minimum atomic E-state index is 1.16. The summed E-state index contributed by atoms with van der Waals surface area (Å²) in [5, 5.41) is 0. The highest BCUT2D eigenvalue weighted by atomic mass is 15.1. The van der Waals surface area contributed by atoms with E-state index < -0.39 is 0 Å². The molecule has 0 spiro atoms. The van der Waals surface area contributed by atoms with Crippen molar-refractivity contribution in [2.75, 3.05) is 13.1 Å². The molecule has 1 aliphatic heterocycles. The van der Waals surface area contributed by atoms with Gasteiger partial charge in [-0.1, -0.05) is 140 Å². The molecule has 0 radical (unpaired) electrons. The minimum Gasteiger partial charge on any atom is -0.377 e. The molecule has 1 fully saturated rings. The number of nitrogens with zero attached hydrogens (tertiary/aromatic N) is 1. The van der Waals surface area contributed by atoms with Crippen LogP contribution in [0.4, 0.5) is 0 Å². The lowest BCUT2D eigenvalue weighted by molar-refractivity contribution is 0.309. The van der Waals surface area contributed by atoms with Crippen molar-refractivity contribution in [3.05, 3.63) is 180 Å². The molecule has 1 saturated heterocycles. The molecule has 1 heteroatoms. The summed E-state index contributed by atoms with van der Waals surface area (Å²) in [6.45, 7) is 2.32. The highest BCUT2D eigenvalue weighted by molar-refractivity contribution is 6.34. The first kappa shape index (κ1) is 25.6. The Morgan fingerprint density at radius 1 is 0.400 bits per heavy atom. The summed E-state index contributed by atoms with van der Waals surface area (Å²) in [5.74, 6) is 0. The van der Waals surface area contributed by atoms with E-state index in [9.17, 15) is 0 Å².